The van der Waals surface area contributed by atoms with Crippen LogP contribution in [0.25, 0.3) is 0 Å². The predicted octanol–water partition coefficient (Wildman–Crippen LogP) is 2.41. The lowest BCUT2D eigenvalue weighted by atomic mass is 9.84. The Balaban J connectivity index is 1.69. The van der Waals surface area contributed by atoms with Crippen LogP contribution in [0.4, 0.5) is 4.39 Å². The van der Waals surface area contributed by atoms with E-state index in [4.69, 9.17) is 0 Å². The van der Waals surface area contributed by atoms with Crippen molar-refractivity contribution in [3.63, 3.8) is 0 Å². The van der Waals surface area contributed by atoms with Gasteiger partial charge in [-0.2, -0.15) is 0 Å². The summed E-state index contributed by atoms with van der Waals surface area (Å²) in [6, 6.07) is 6.64. The van der Waals surface area contributed by atoms with Gasteiger partial charge in [0, 0.05) is 18.2 Å². The van der Waals surface area contributed by atoms with E-state index in [2.05, 4.69) is 5.32 Å². The van der Waals surface area contributed by atoms with Crippen LogP contribution in [0, 0.1) is 23.6 Å². The van der Waals surface area contributed by atoms with Crippen LogP contribution in [-0.4, -0.2) is 17.1 Å². The minimum absolute atomic E-state index is 0.00384. The highest BCUT2D eigenvalue weighted by Gasteiger charge is 2.50. The Morgan fingerprint density at radius 1 is 1.32 bits per heavy atom. The van der Waals surface area contributed by atoms with Crippen molar-refractivity contribution < 1.29 is 14.3 Å². The van der Waals surface area contributed by atoms with Crippen molar-refractivity contribution in [2.24, 2.45) is 17.8 Å². The Bertz CT molecular complexity index is 491. The number of hydrogen-bond donors (Lipinski definition) is 2. The fourth-order valence-corrected chi connectivity index (χ4v) is 3.81. The minimum atomic E-state index is -0.710. The average Bonchev–Trinajstić information content (AvgIpc) is 2.98. The van der Waals surface area contributed by atoms with Crippen molar-refractivity contribution >= 4 is 5.97 Å². The van der Waals surface area contributed by atoms with E-state index in [1.54, 1.807) is 18.2 Å². The molecule has 0 spiro atoms. The molecule has 19 heavy (non-hydrogen) atoms. The fraction of sp³-hybridized carbons (Fsp3) is 0.533. The topological polar surface area (TPSA) is 49.3 Å². The van der Waals surface area contributed by atoms with Crippen molar-refractivity contribution in [2.45, 2.75) is 31.8 Å². The van der Waals surface area contributed by atoms with Gasteiger partial charge in [-0.15, -0.1) is 0 Å². The van der Waals surface area contributed by atoms with Crippen LogP contribution in [0.15, 0.2) is 24.3 Å². The van der Waals surface area contributed by atoms with Gasteiger partial charge in [-0.3, -0.25) is 4.79 Å². The first-order valence-electron chi connectivity index (χ1n) is 6.86. The summed E-state index contributed by atoms with van der Waals surface area (Å²) in [5.41, 5.74) is 0.606. The fourth-order valence-electron chi connectivity index (χ4n) is 3.81. The van der Waals surface area contributed by atoms with Crippen LogP contribution >= 0.6 is 0 Å². The van der Waals surface area contributed by atoms with Crippen LogP contribution in [-0.2, 0) is 11.3 Å². The molecule has 3 nitrogen and oxygen atoms in total. The van der Waals surface area contributed by atoms with Gasteiger partial charge in [0.25, 0.3) is 0 Å². The largest absolute Gasteiger partial charge is 0.481 e. The zero-order valence-corrected chi connectivity index (χ0v) is 10.7. The van der Waals surface area contributed by atoms with Gasteiger partial charge in [-0.25, -0.2) is 4.39 Å². The van der Waals surface area contributed by atoms with Gasteiger partial charge < -0.3 is 10.4 Å². The third kappa shape index (κ3) is 2.25. The molecule has 102 valence electrons. The van der Waals surface area contributed by atoms with Gasteiger partial charge in [0.15, 0.2) is 0 Å². The number of halogens is 1. The number of carboxylic acid groups (broad SMARTS) is 1. The molecule has 0 aromatic heterocycles. The molecule has 0 heterocycles. The standard InChI is InChI=1S/C15H18FNO2/c16-12-4-2-1-3-11(12)8-17-14-10-6-5-9(7-10)13(14)15(18)19/h1-4,9-10,13-14,17H,5-8H2,(H,18,19). The van der Waals surface area contributed by atoms with Crippen LogP contribution in [0.3, 0.4) is 0 Å². The molecule has 2 aliphatic rings. The van der Waals surface area contributed by atoms with E-state index in [9.17, 15) is 14.3 Å². The molecular weight excluding hydrogens is 245 g/mol. The average molecular weight is 263 g/mol. The summed E-state index contributed by atoms with van der Waals surface area (Å²) in [6.45, 7) is 0.407. The first-order chi connectivity index (χ1) is 9.16. The van der Waals surface area contributed by atoms with Crippen LogP contribution < -0.4 is 5.32 Å². The van der Waals surface area contributed by atoms with Gasteiger partial charge in [0.2, 0.25) is 0 Å². The molecule has 0 radical (unpaired) electrons. The van der Waals surface area contributed by atoms with Gasteiger partial charge >= 0.3 is 5.97 Å². The van der Waals surface area contributed by atoms with Crippen LogP contribution in [0.1, 0.15) is 24.8 Å². The van der Waals surface area contributed by atoms with Crippen molar-refractivity contribution in [1.29, 1.82) is 0 Å². The first-order valence-corrected chi connectivity index (χ1v) is 6.86. The lowest BCUT2D eigenvalue weighted by Crippen LogP contribution is -2.43. The summed E-state index contributed by atoms with van der Waals surface area (Å²) >= 11 is 0. The van der Waals surface area contributed by atoms with Gasteiger partial charge in [-0.1, -0.05) is 18.2 Å². The Labute approximate surface area is 111 Å². The van der Waals surface area contributed by atoms with Gasteiger partial charge in [0.1, 0.15) is 5.82 Å². The molecule has 0 aliphatic heterocycles. The van der Waals surface area contributed by atoms with Crippen molar-refractivity contribution in [3.8, 4) is 0 Å². The number of benzene rings is 1. The molecule has 0 saturated heterocycles. The minimum Gasteiger partial charge on any atom is -0.481 e. The second-order valence-corrected chi connectivity index (χ2v) is 5.70. The summed E-state index contributed by atoms with van der Waals surface area (Å²) in [6.07, 6.45) is 3.13. The summed E-state index contributed by atoms with van der Waals surface area (Å²) in [5, 5.41) is 12.6. The van der Waals surface area contributed by atoms with Crippen molar-refractivity contribution in [3.05, 3.63) is 35.6 Å². The Kier molecular flexibility index (Phi) is 3.27. The summed E-state index contributed by atoms with van der Waals surface area (Å²) in [4.78, 5) is 11.4. The highest BCUT2D eigenvalue weighted by molar-refractivity contribution is 5.72. The molecular formula is C15H18FNO2. The molecule has 3 rings (SSSR count). The monoisotopic (exact) mass is 263 g/mol. The molecule has 0 amide bonds. The number of carboxylic acids is 1. The maximum Gasteiger partial charge on any atom is 0.308 e. The number of hydrogen-bond acceptors (Lipinski definition) is 2. The van der Waals surface area contributed by atoms with E-state index in [1.807, 2.05) is 0 Å². The van der Waals surface area contributed by atoms with E-state index in [0.717, 1.165) is 19.3 Å². The maximum absolute atomic E-state index is 13.6. The van der Waals surface area contributed by atoms with Crippen LogP contribution in [0.5, 0.6) is 0 Å². The second kappa shape index (κ2) is 4.93. The van der Waals surface area contributed by atoms with E-state index in [0.29, 0.717) is 23.9 Å². The van der Waals surface area contributed by atoms with Gasteiger partial charge in [0.05, 0.1) is 5.92 Å². The predicted molar refractivity (Wildman–Crippen MR) is 69.0 cm³/mol. The maximum atomic E-state index is 13.6. The second-order valence-electron chi connectivity index (χ2n) is 5.70. The number of rotatable bonds is 4. The highest BCUT2D eigenvalue weighted by Crippen LogP contribution is 2.48. The smallest absolute Gasteiger partial charge is 0.308 e. The molecule has 2 saturated carbocycles. The van der Waals surface area contributed by atoms with E-state index >= 15 is 0 Å². The first kappa shape index (κ1) is 12.6. The number of carbonyl (C=O) groups is 1. The van der Waals surface area contributed by atoms with E-state index in [-0.39, 0.29) is 17.8 Å². The molecule has 1 aromatic rings. The number of fused-ring (bicyclic) bond motifs is 2. The van der Waals surface area contributed by atoms with Gasteiger partial charge in [-0.05, 0) is 37.2 Å². The summed E-state index contributed by atoms with van der Waals surface area (Å²) in [5.74, 6) is -0.493. The zero-order valence-electron chi connectivity index (χ0n) is 10.7. The molecule has 2 fully saturated rings. The SMILES string of the molecule is O=C(O)C1C2CCC(C2)C1NCc1ccccc1F. The van der Waals surface area contributed by atoms with Crippen molar-refractivity contribution in [2.75, 3.05) is 0 Å². The normalized spacial score (nSPS) is 32.7. The lowest BCUT2D eigenvalue weighted by molar-refractivity contribution is -0.144. The number of nitrogens with one attached hydrogen (secondary N) is 1. The molecule has 2 N–H and O–H groups in total. The Hall–Kier alpha value is -1.42. The molecule has 4 heteroatoms. The molecule has 4 atom stereocenters. The summed E-state index contributed by atoms with van der Waals surface area (Å²) < 4.78 is 13.6. The number of aliphatic carboxylic acids is 1. The highest BCUT2D eigenvalue weighted by atomic mass is 19.1. The van der Waals surface area contributed by atoms with E-state index in [1.165, 1.54) is 6.07 Å². The summed E-state index contributed by atoms with van der Waals surface area (Å²) in [7, 11) is 0. The third-order valence-corrected chi connectivity index (χ3v) is 4.69. The Morgan fingerprint density at radius 3 is 2.79 bits per heavy atom. The van der Waals surface area contributed by atoms with Crippen molar-refractivity contribution in [1.82, 2.24) is 5.32 Å². The molecule has 4 unspecified atom stereocenters. The van der Waals surface area contributed by atoms with E-state index < -0.39 is 5.97 Å². The lowest BCUT2D eigenvalue weighted by Gasteiger charge is -2.29. The quantitative estimate of drug-likeness (QED) is 0.877. The molecule has 1 aromatic carbocycles. The molecule has 2 bridgehead atoms. The Morgan fingerprint density at radius 2 is 2.05 bits per heavy atom. The zero-order chi connectivity index (χ0) is 13.4. The molecule has 2 aliphatic carbocycles. The van der Waals surface area contributed by atoms with Crippen LogP contribution in [0.2, 0.25) is 0 Å². The third-order valence-electron chi connectivity index (χ3n) is 4.69.